The number of hydrogen-bond donors (Lipinski definition) is 1. The summed E-state index contributed by atoms with van der Waals surface area (Å²) in [4.78, 5) is 0. The summed E-state index contributed by atoms with van der Waals surface area (Å²) in [6, 6.07) is 0. The van der Waals surface area contributed by atoms with Gasteiger partial charge in [0, 0.05) is 18.4 Å². The molecule has 2 N–H and O–H groups in total. The number of halogens is 2. The van der Waals surface area contributed by atoms with Crippen molar-refractivity contribution in [1.29, 1.82) is 0 Å². The van der Waals surface area contributed by atoms with Crippen molar-refractivity contribution in [1.82, 2.24) is 0 Å². The van der Waals surface area contributed by atoms with E-state index in [9.17, 15) is 8.78 Å². The third-order valence-corrected chi connectivity index (χ3v) is 2.73. The van der Waals surface area contributed by atoms with Crippen molar-refractivity contribution < 1.29 is 8.78 Å². The quantitative estimate of drug-likeness (QED) is 0.598. The summed E-state index contributed by atoms with van der Waals surface area (Å²) in [7, 11) is 0. The first kappa shape index (κ1) is 6.53. The van der Waals surface area contributed by atoms with Crippen LogP contribution in [0.25, 0.3) is 0 Å². The Labute approximate surface area is 58.6 Å². The van der Waals surface area contributed by atoms with Gasteiger partial charge in [0.05, 0.1) is 0 Å². The van der Waals surface area contributed by atoms with E-state index in [-0.39, 0.29) is 24.3 Å². The monoisotopic (exact) mass is 147 g/mol. The van der Waals surface area contributed by atoms with E-state index in [1.165, 1.54) is 0 Å². The summed E-state index contributed by atoms with van der Waals surface area (Å²) in [5.74, 6) is -2.28. The third kappa shape index (κ3) is 0.839. The Hall–Kier alpha value is -0.180. The lowest BCUT2D eigenvalue weighted by molar-refractivity contribution is -0.119. The normalized spacial score (nSPS) is 35.1. The Bertz CT molecular complexity index is 155. The predicted molar refractivity (Wildman–Crippen MR) is 33.8 cm³/mol. The molecule has 0 spiro atoms. The first-order chi connectivity index (χ1) is 4.52. The van der Waals surface area contributed by atoms with Crippen LogP contribution in [0.5, 0.6) is 0 Å². The topological polar surface area (TPSA) is 26.0 Å². The molecule has 0 amide bonds. The van der Waals surface area contributed by atoms with Crippen LogP contribution >= 0.6 is 0 Å². The highest BCUT2D eigenvalue weighted by Gasteiger charge is 2.57. The molecule has 3 heteroatoms. The van der Waals surface area contributed by atoms with Crippen LogP contribution in [0.1, 0.15) is 25.7 Å². The smallest absolute Gasteiger partial charge is 0.248 e. The molecule has 1 nitrogen and oxygen atoms in total. The molecule has 0 aromatic heterocycles. The lowest BCUT2D eigenvalue weighted by Crippen LogP contribution is -2.47. The van der Waals surface area contributed by atoms with E-state index in [0.717, 1.165) is 12.8 Å². The second-order valence-electron chi connectivity index (χ2n) is 3.69. The largest absolute Gasteiger partial charge is 0.325 e. The summed E-state index contributed by atoms with van der Waals surface area (Å²) in [6.07, 6.45) is 1.97. The van der Waals surface area contributed by atoms with E-state index in [2.05, 4.69) is 0 Å². The zero-order chi connectivity index (χ0) is 7.41. The molecule has 2 saturated carbocycles. The van der Waals surface area contributed by atoms with Gasteiger partial charge in [0.15, 0.2) is 0 Å². The average Bonchev–Trinajstić information content (AvgIpc) is 2.43. The van der Waals surface area contributed by atoms with Gasteiger partial charge >= 0.3 is 0 Å². The van der Waals surface area contributed by atoms with Gasteiger partial charge in [-0.05, 0) is 18.8 Å². The highest BCUT2D eigenvalue weighted by molar-refractivity contribution is 5.10. The van der Waals surface area contributed by atoms with Gasteiger partial charge in [0.2, 0.25) is 5.92 Å². The van der Waals surface area contributed by atoms with Gasteiger partial charge < -0.3 is 5.73 Å². The van der Waals surface area contributed by atoms with Crippen molar-refractivity contribution in [3.63, 3.8) is 0 Å². The molecule has 2 aliphatic rings. The molecule has 0 radical (unpaired) electrons. The first-order valence-corrected chi connectivity index (χ1v) is 3.69. The molecule has 0 atom stereocenters. The Kier molecular flexibility index (Phi) is 0.994. The molecular weight excluding hydrogens is 136 g/mol. The third-order valence-electron chi connectivity index (χ3n) is 2.73. The molecule has 0 aromatic rings. The predicted octanol–water partition coefficient (Wildman–Crippen LogP) is 1.52. The molecular formula is C7H11F2N. The second-order valence-corrected chi connectivity index (χ2v) is 3.69. The van der Waals surface area contributed by atoms with Gasteiger partial charge in [-0.15, -0.1) is 0 Å². The number of rotatable bonds is 1. The minimum Gasteiger partial charge on any atom is -0.325 e. The van der Waals surface area contributed by atoms with Crippen LogP contribution in [-0.2, 0) is 0 Å². The Morgan fingerprint density at radius 2 is 1.70 bits per heavy atom. The maximum absolute atomic E-state index is 12.3. The zero-order valence-electron chi connectivity index (χ0n) is 5.74. The van der Waals surface area contributed by atoms with Gasteiger partial charge in [-0.3, -0.25) is 0 Å². The molecule has 58 valence electrons. The standard InChI is InChI=1S/C7H11F2N/c8-7(9)3-5(4-7)6(10)1-2-6/h5H,1-4,10H2. The highest BCUT2D eigenvalue weighted by atomic mass is 19.3. The van der Waals surface area contributed by atoms with Crippen LogP contribution in [0.2, 0.25) is 0 Å². The molecule has 0 aliphatic heterocycles. The first-order valence-electron chi connectivity index (χ1n) is 3.69. The Morgan fingerprint density at radius 3 is 2.00 bits per heavy atom. The summed E-state index contributed by atoms with van der Waals surface area (Å²) in [5.41, 5.74) is 5.56. The molecule has 0 unspecified atom stereocenters. The van der Waals surface area contributed by atoms with Gasteiger partial charge in [-0.25, -0.2) is 8.78 Å². The highest BCUT2D eigenvalue weighted by Crippen LogP contribution is 2.54. The molecule has 2 rings (SSSR count). The van der Waals surface area contributed by atoms with E-state index in [0.29, 0.717) is 0 Å². The fourth-order valence-electron chi connectivity index (χ4n) is 1.62. The minimum atomic E-state index is -2.39. The van der Waals surface area contributed by atoms with Crippen molar-refractivity contribution in [2.75, 3.05) is 0 Å². The summed E-state index contributed by atoms with van der Waals surface area (Å²) in [5, 5.41) is 0. The van der Waals surface area contributed by atoms with Crippen LogP contribution < -0.4 is 5.73 Å². The van der Waals surface area contributed by atoms with Gasteiger partial charge in [0.1, 0.15) is 0 Å². The van der Waals surface area contributed by atoms with Crippen LogP contribution in [0.3, 0.4) is 0 Å². The van der Waals surface area contributed by atoms with E-state index in [1.54, 1.807) is 0 Å². The lowest BCUT2D eigenvalue weighted by Gasteiger charge is -2.38. The molecule has 2 aliphatic carbocycles. The molecule has 0 bridgehead atoms. The zero-order valence-corrected chi connectivity index (χ0v) is 5.74. The lowest BCUT2D eigenvalue weighted by atomic mass is 9.75. The second kappa shape index (κ2) is 1.52. The fourth-order valence-corrected chi connectivity index (χ4v) is 1.62. The maximum atomic E-state index is 12.3. The fraction of sp³-hybridized carbons (Fsp3) is 1.00. The van der Waals surface area contributed by atoms with Gasteiger partial charge in [0.25, 0.3) is 0 Å². The molecule has 0 heterocycles. The van der Waals surface area contributed by atoms with Crippen molar-refractivity contribution >= 4 is 0 Å². The van der Waals surface area contributed by atoms with E-state index >= 15 is 0 Å². The molecule has 2 fully saturated rings. The minimum absolute atomic E-state index is 0.0312. The molecule has 0 saturated heterocycles. The maximum Gasteiger partial charge on any atom is 0.248 e. The number of nitrogens with two attached hydrogens (primary N) is 1. The van der Waals surface area contributed by atoms with Crippen molar-refractivity contribution in [3.8, 4) is 0 Å². The molecule has 0 aromatic carbocycles. The number of alkyl halides is 2. The Balaban J connectivity index is 1.91. The average molecular weight is 147 g/mol. The summed E-state index contributed by atoms with van der Waals surface area (Å²) in [6.45, 7) is 0. The van der Waals surface area contributed by atoms with Crippen LogP contribution in [0.15, 0.2) is 0 Å². The van der Waals surface area contributed by atoms with Gasteiger partial charge in [-0.2, -0.15) is 0 Å². The van der Waals surface area contributed by atoms with Crippen molar-refractivity contribution in [3.05, 3.63) is 0 Å². The molecule has 10 heavy (non-hydrogen) atoms. The van der Waals surface area contributed by atoms with E-state index in [1.807, 2.05) is 0 Å². The van der Waals surface area contributed by atoms with Crippen molar-refractivity contribution in [2.24, 2.45) is 11.7 Å². The SMILES string of the molecule is NC1(C2CC(F)(F)C2)CC1. The summed E-state index contributed by atoms with van der Waals surface area (Å²) >= 11 is 0. The van der Waals surface area contributed by atoms with Crippen LogP contribution in [0, 0.1) is 5.92 Å². The van der Waals surface area contributed by atoms with Crippen molar-refractivity contribution in [2.45, 2.75) is 37.1 Å². The van der Waals surface area contributed by atoms with Gasteiger partial charge in [-0.1, -0.05) is 0 Å². The van der Waals surface area contributed by atoms with Crippen LogP contribution in [-0.4, -0.2) is 11.5 Å². The Morgan fingerprint density at radius 1 is 1.20 bits per heavy atom. The van der Waals surface area contributed by atoms with Crippen LogP contribution in [0.4, 0.5) is 8.78 Å². The van der Waals surface area contributed by atoms with E-state index in [4.69, 9.17) is 5.73 Å². The van der Waals surface area contributed by atoms with E-state index < -0.39 is 5.92 Å². The summed E-state index contributed by atoms with van der Waals surface area (Å²) < 4.78 is 24.6. The number of hydrogen-bond acceptors (Lipinski definition) is 1.